The quantitative estimate of drug-likeness (QED) is 0.827. The van der Waals surface area contributed by atoms with E-state index < -0.39 is 5.82 Å². The summed E-state index contributed by atoms with van der Waals surface area (Å²) < 4.78 is 18.9. The van der Waals surface area contributed by atoms with Crippen molar-refractivity contribution in [2.24, 2.45) is 0 Å². The van der Waals surface area contributed by atoms with E-state index in [0.29, 0.717) is 15.8 Å². The summed E-state index contributed by atoms with van der Waals surface area (Å²) in [6.07, 6.45) is 0. The smallest absolute Gasteiger partial charge is 0.262 e. The molecule has 6 heteroatoms. The maximum Gasteiger partial charge on any atom is 0.262 e. The van der Waals surface area contributed by atoms with Crippen LogP contribution in [0.1, 0.15) is 5.56 Å². The Kier molecular flexibility index (Phi) is 4.80. The molecule has 1 amide bonds. The molecule has 0 radical (unpaired) electrons. The molecular formula is C15H14BrFN2O2. The molecule has 0 spiro atoms. The van der Waals surface area contributed by atoms with Gasteiger partial charge >= 0.3 is 0 Å². The van der Waals surface area contributed by atoms with Crippen LogP contribution in [0.3, 0.4) is 0 Å². The van der Waals surface area contributed by atoms with Crippen LogP contribution in [0.5, 0.6) is 5.75 Å². The lowest BCUT2D eigenvalue weighted by molar-refractivity contribution is -0.118. The topological polar surface area (TPSA) is 64.3 Å². The summed E-state index contributed by atoms with van der Waals surface area (Å²) >= 11 is 3.04. The molecule has 0 unspecified atom stereocenters. The highest BCUT2D eigenvalue weighted by atomic mass is 79.9. The van der Waals surface area contributed by atoms with Gasteiger partial charge in [0.25, 0.3) is 5.91 Å². The average molecular weight is 353 g/mol. The molecule has 21 heavy (non-hydrogen) atoms. The van der Waals surface area contributed by atoms with E-state index in [1.165, 1.54) is 12.1 Å². The van der Waals surface area contributed by atoms with Crippen molar-refractivity contribution in [2.75, 3.05) is 17.7 Å². The minimum absolute atomic E-state index is 0.213. The normalized spacial score (nSPS) is 10.2. The van der Waals surface area contributed by atoms with Crippen molar-refractivity contribution in [3.63, 3.8) is 0 Å². The van der Waals surface area contributed by atoms with Gasteiger partial charge in [0, 0.05) is 17.4 Å². The summed E-state index contributed by atoms with van der Waals surface area (Å²) in [5.41, 5.74) is 7.89. The predicted molar refractivity (Wildman–Crippen MR) is 83.8 cm³/mol. The van der Waals surface area contributed by atoms with Crippen LogP contribution >= 0.6 is 15.9 Å². The Balaban J connectivity index is 1.92. The van der Waals surface area contributed by atoms with Gasteiger partial charge in [0.15, 0.2) is 6.61 Å². The molecular weight excluding hydrogens is 339 g/mol. The number of rotatable bonds is 4. The van der Waals surface area contributed by atoms with E-state index >= 15 is 0 Å². The number of carbonyl (C=O) groups is 1. The summed E-state index contributed by atoms with van der Waals surface area (Å²) in [5, 5.41) is 2.66. The van der Waals surface area contributed by atoms with E-state index in [1.54, 1.807) is 18.2 Å². The maximum atomic E-state index is 13.3. The van der Waals surface area contributed by atoms with Crippen LogP contribution in [-0.2, 0) is 4.79 Å². The Hall–Kier alpha value is -2.08. The van der Waals surface area contributed by atoms with Gasteiger partial charge in [-0.3, -0.25) is 4.79 Å². The Labute approximate surface area is 130 Å². The molecule has 0 fully saturated rings. The van der Waals surface area contributed by atoms with Crippen LogP contribution < -0.4 is 15.8 Å². The summed E-state index contributed by atoms with van der Waals surface area (Å²) in [6.45, 7) is 1.67. The van der Waals surface area contributed by atoms with E-state index in [2.05, 4.69) is 21.2 Å². The molecule has 3 N–H and O–H groups in total. The van der Waals surface area contributed by atoms with Crippen molar-refractivity contribution in [1.82, 2.24) is 0 Å². The molecule has 0 aliphatic rings. The molecule has 0 aliphatic carbocycles. The maximum absolute atomic E-state index is 13.3. The number of aryl methyl sites for hydroxylation is 1. The van der Waals surface area contributed by atoms with Crippen LogP contribution in [0, 0.1) is 12.7 Å². The van der Waals surface area contributed by atoms with E-state index in [1.807, 2.05) is 13.0 Å². The zero-order valence-corrected chi connectivity index (χ0v) is 12.9. The first kappa shape index (κ1) is 15.3. The molecule has 0 bridgehead atoms. The lowest BCUT2D eigenvalue weighted by Gasteiger charge is -2.09. The van der Waals surface area contributed by atoms with E-state index in [-0.39, 0.29) is 18.3 Å². The number of amides is 1. The number of hydrogen-bond acceptors (Lipinski definition) is 3. The zero-order chi connectivity index (χ0) is 15.4. The first-order valence-corrected chi connectivity index (χ1v) is 6.99. The highest BCUT2D eigenvalue weighted by molar-refractivity contribution is 9.10. The van der Waals surface area contributed by atoms with Crippen molar-refractivity contribution in [1.29, 1.82) is 0 Å². The van der Waals surface area contributed by atoms with Gasteiger partial charge in [0.1, 0.15) is 11.6 Å². The number of ether oxygens (including phenoxy) is 1. The number of nitrogens with two attached hydrogens (primary N) is 1. The second kappa shape index (κ2) is 6.58. The number of halogens is 2. The van der Waals surface area contributed by atoms with Gasteiger partial charge in [0.2, 0.25) is 0 Å². The minimum Gasteiger partial charge on any atom is -0.484 e. The van der Waals surface area contributed by atoms with Crippen LogP contribution in [0.4, 0.5) is 15.8 Å². The van der Waals surface area contributed by atoms with Crippen LogP contribution in [-0.4, -0.2) is 12.5 Å². The number of carbonyl (C=O) groups excluding carboxylic acids is 1. The van der Waals surface area contributed by atoms with Gasteiger partial charge in [-0.1, -0.05) is 6.07 Å². The van der Waals surface area contributed by atoms with Gasteiger partial charge in [-0.15, -0.1) is 0 Å². The standard InChI is InChI=1S/C15H14BrFN2O2/c1-9-2-3-10(6-14(9)18)19-15(20)8-21-11-4-5-12(16)13(17)7-11/h2-7H,8,18H2,1H3,(H,19,20). The lowest BCUT2D eigenvalue weighted by Crippen LogP contribution is -2.20. The fourth-order valence-electron chi connectivity index (χ4n) is 1.63. The molecule has 0 aromatic heterocycles. The molecule has 110 valence electrons. The molecule has 0 atom stereocenters. The Morgan fingerprint density at radius 1 is 1.33 bits per heavy atom. The summed E-state index contributed by atoms with van der Waals surface area (Å²) in [6, 6.07) is 9.54. The van der Waals surface area contributed by atoms with Gasteiger partial charge < -0.3 is 15.8 Å². The molecule has 0 aliphatic heterocycles. The van der Waals surface area contributed by atoms with Gasteiger partial charge in [-0.05, 0) is 52.7 Å². The summed E-state index contributed by atoms with van der Waals surface area (Å²) in [5.74, 6) is -0.505. The van der Waals surface area contributed by atoms with E-state index in [0.717, 1.165) is 5.56 Å². The van der Waals surface area contributed by atoms with Crippen LogP contribution in [0.2, 0.25) is 0 Å². The number of hydrogen-bond donors (Lipinski definition) is 2. The molecule has 2 rings (SSSR count). The van der Waals surface area contributed by atoms with Crippen molar-refractivity contribution >= 4 is 33.2 Å². The minimum atomic E-state index is -0.445. The summed E-state index contributed by atoms with van der Waals surface area (Å²) in [7, 11) is 0. The fourth-order valence-corrected chi connectivity index (χ4v) is 1.88. The third-order valence-corrected chi connectivity index (χ3v) is 3.47. The predicted octanol–water partition coefficient (Wildman–Crippen LogP) is 3.50. The second-order valence-electron chi connectivity index (χ2n) is 4.48. The van der Waals surface area contributed by atoms with Gasteiger partial charge in [0.05, 0.1) is 4.47 Å². The molecule has 0 saturated heterocycles. The SMILES string of the molecule is Cc1ccc(NC(=O)COc2ccc(Br)c(F)c2)cc1N. The first-order chi connectivity index (χ1) is 9.95. The molecule has 2 aromatic rings. The Morgan fingerprint density at radius 3 is 2.76 bits per heavy atom. The molecule has 2 aromatic carbocycles. The number of anilines is 2. The van der Waals surface area contributed by atoms with Crippen molar-refractivity contribution < 1.29 is 13.9 Å². The first-order valence-electron chi connectivity index (χ1n) is 6.19. The monoisotopic (exact) mass is 352 g/mol. The fraction of sp³-hybridized carbons (Fsp3) is 0.133. The van der Waals surface area contributed by atoms with Gasteiger partial charge in [-0.25, -0.2) is 4.39 Å². The highest BCUT2D eigenvalue weighted by Crippen LogP contribution is 2.21. The molecule has 4 nitrogen and oxygen atoms in total. The van der Waals surface area contributed by atoms with Crippen molar-refractivity contribution in [3.8, 4) is 5.75 Å². The van der Waals surface area contributed by atoms with Crippen molar-refractivity contribution in [3.05, 3.63) is 52.3 Å². The average Bonchev–Trinajstić information content (AvgIpc) is 2.44. The van der Waals surface area contributed by atoms with Gasteiger partial charge in [-0.2, -0.15) is 0 Å². The summed E-state index contributed by atoms with van der Waals surface area (Å²) in [4.78, 5) is 11.8. The largest absolute Gasteiger partial charge is 0.484 e. The molecule has 0 heterocycles. The van der Waals surface area contributed by atoms with Crippen LogP contribution in [0.25, 0.3) is 0 Å². The van der Waals surface area contributed by atoms with E-state index in [9.17, 15) is 9.18 Å². The second-order valence-corrected chi connectivity index (χ2v) is 5.34. The number of benzene rings is 2. The number of nitrogens with one attached hydrogen (secondary N) is 1. The van der Waals surface area contributed by atoms with Crippen molar-refractivity contribution in [2.45, 2.75) is 6.92 Å². The lowest BCUT2D eigenvalue weighted by atomic mass is 10.2. The Morgan fingerprint density at radius 2 is 2.10 bits per heavy atom. The third kappa shape index (κ3) is 4.19. The Bertz CT molecular complexity index is 677. The molecule has 0 saturated carbocycles. The van der Waals surface area contributed by atoms with E-state index in [4.69, 9.17) is 10.5 Å². The number of nitrogen functional groups attached to an aromatic ring is 1. The zero-order valence-electron chi connectivity index (χ0n) is 11.3. The third-order valence-electron chi connectivity index (χ3n) is 2.82. The highest BCUT2D eigenvalue weighted by Gasteiger charge is 2.06. The van der Waals surface area contributed by atoms with Crippen LogP contribution in [0.15, 0.2) is 40.9 Å².